The van der Waals surface area contributed by atoms with E-state index in [9.17, 15) is 4.79 Å². The molecule has 0 saturated carbocycles. The van der Waals surface area contributed by atoms with Crippen molar-refractivity contribution < 1.29 is 9.90 Å². The highest BCUT2D eigenvalue weighted by atomic mass is 16.3. The molecule has 0 saturated heterocycles. The number of anilines is 1. The van der Waals surface area contributed by atoms with Gasteiger partial charge in [0.1, 0.15) is 5.82 Å². The van der Waals surface area contributed by atoms with Crippen molar-refractivity contribution in [3.05, 3.63) is 23.9 Å². The molecule has 1 amide bonds. The second-order valence-corrected chi connectivity index (χ2v) is 4.80. The van der Waals surface area contributed by atoms with Crippen LogP contribution in [0.4, 0.5) is 5.82 Å². The number of hydrogen-bond donors (Lipinski definition) is 2. The Morgan fingerprint density at radius 3 is 2.68 bits per heavy atom. The van der Waals surface area contributed by atoms with Crippen LogP contribution in [0.15, 0.2) is 18.3 Å². The highest BCUT2D eigenvalue weighted by Crippen LogP contribution is 2.09. The zero-order valence-corrected chi connectivity index (χ0v) is 11.9. The van der Waals surface area contributed by atoms with Crippen molar-refractivity contribution in [1.29, 1.82) is 0 Å². The third-order valence-electron chi connectivity index (χ3n) is 3.13. The van der Waals surface area contributed by atoms with Crippen LogP contribution >= 0.6 is 0 Å². The van der Waals surface area contributed by atoms with Crippen LogP contribution < -0.4 is 10.2 Å². The van der Waals surface area contributed by atoms with Crippen LogP contribution in [0.5, 0.6) is 0 Å². The number of amides is 1. The number of aliphatic hydroxyl groups excluding tert-OH is 1. The van der Waals surface area contributed by atoms with Gasteiger partial charge in [-0.3, -0.25) is 4.79 Å². The molecule has 5 heteroatoms. The summed E-state index contributed by atoms with van der Waals surface area (Å²) >= 11 is 0. The predicted octanol–water partition coefficient (Wildman–Crippen LogP) is 1.29. The van der Waals surface area contributed by atoms with E-state index in [1.165, 1.54) is 0 Å². The van der Waals surface area contributed by atoms with Gasteiger partial charge < -0.3 is 15.3 Å². The first-order valence-electron chi connectivity index (χ1n) is 6.60. The Morgan fingerprint density at radius 1 is 1.47 bits per heavy atom. The Hall–Kier alpha value is -1.62. The third-order valence-corrected chi connectivity index (χ3v) is 3.13. The molecule has 1 unspecified atom stereocenters. The number of nitrogens with one attached hydrogen (secondary N) is 1. The molecule has 5 nitrogen and oxygen atoms in total. The monoisotopic (exact) mass is 265 g/mol. The van der Waals surface area contributed by atoms with Gasteiger partial charge in [-0.05, 0) is 24.5 Å². The van der Waals surface area contributed by atoms with Crippen LogP contribution in [0.25, 0.3) is 0 Å². The van der Waals surface area contributed by atoms with Gasteiger partial charge in [0.15, 0.2) is 0 Å². The van der Waals surface area contributed by atoms with E-state index < -0.39 is 0 Å². The lowest BCUT2D eigenvalue weighted by Gasteiger charge is -2.15. The van der Waals surface area contributed by atoms with Crippen LogP contribution in [-0.2, 0) is 0 Å². The molecule has 0 bridgehead atoms. The SMILES string of the molecule is CCC(CCO)CNC(=O)c1ccc(N(C)C)nc1. The molecule has 106 valence electrons. The quantitative estimate of drug-likeness (QED) is 0.779. The molecule has 1 atom stereocenters. The van der Waals surface area contributed by atoms with Gasteiger partial charge in [-0.2, -0.15) is 0 Å². The van der Waals surface area contributed by atoms with Gasteiger partial charge in [0.05, 0.1) is 5.56 Å². The van der Waals surface area contributed by atoms with E-state index in [1.807, 2.05) is 25.1 Å². The van der Waals surface area contributed by atoms with Crippen molar-refractivity contribution in [3.63, 3.8) is 0 Å². The Balaban J connectivity index is 2.53. The molecule has 0 aliphatic carbocycles. The lowest BCUT2D eigenvalue weighted by molar-refractivity contribution is 0.0943. The molecule has 2 N–H and O–H groups in total. The summed E-state index contributed by atoms with van der Waals surface area (Å²) in [6.07, 6.45) is 3.24. The van der Waals surface area contributed by atoms with Gasteiger partial charge in [0, 0.05) is 33.4 Å². The number of nitrogens with zero attached hydrogens (tertiary/aromatic N) is 2. The van der Waals surface area contributed by atoms with E-state index in [2.05, 4.69) is 17.2 Å². The Bertz CT molecular complexity index is 390. The second-order valence-electron chi connectivity index (χ2n) is 4.80. The predicted molar refractivity (Wildman–Crippen MR) is 76.4 cm³/mol. The molecule has 1 heterocycles. The van der Waals surface area contributed by atoms with E-state index in [0.717, 1.165) is 12.2 Å². The molecular weight excluding hydrogens is 242 g/mol. The molecule has 0 radical (unpaired) electrons. The van der Waals surface area contributed by atoms with Crippen LogP contribution in [0.3, 0.4) is 0 Å². The summed E-state index contributed by atoms with van der Waals surface area (Å²) < 4.78 is 0. The van der Waals surface area contributed by atoms with Crippen LogP contribution in [0.2, 0.25) is 0 Å². The zero-order chi connectivity index (χ0) is 14.3. The van der Waals surface area contributed by atoms with Crippen molar-refractivity contribution >= 4 is 11.7 Å². The fourth-order valence-corrected chi connectivity index (χ4v) is 1.76. The minimum absolute atomic E-state index is 0.116. The average molecular weight is 265 g/mol. The van der Waals surface area contributed by atoms with E-state index in [-0.39, 0.29) is 12.5 Å². The molecule has 0 aromatic carbocycles. The number of aromatic nitrogens is 1. The van der Waals surface area contributed by atoms with Crippen molar-refractivity contribution in [3.8, 4) is 0 Å². The van der Waals surface area contributed by atoms with Crippen molar-refractivity contribution in [1.82, 2.24) is 10.3 Å². The lowest BCUT2D eigenvalue weighted by Crippen LogP contribution is -2.29. The van der Waals surface area contributed by atoms with E-state index in [0.29, 0.717) is 24.4 Å². The topological polar surface area (TPSA) is 65.5 Å². The maximum Gasteiger partial charge on any atom is 0.252 e. The summed E-state index contributed by atoms with van der Waals surface area (Å²) in [5, 5.41) is 11.8. The number of pyridine rings is 1. The van der Waals surface area contributed by atoms with Gasteiger partial charge in [-0.25, -0.2) is 4.98 Å². The molecule has 0 fully saturated rings. The molecule has 1 aromatic heterocycles. The fraction of sp³-hybridized carbons (Fsp3) is 0.571. The Kier molecular flexibility index (Phi) is 6.29. The first kappa shape index (κ1) is 15.4. The van der Waals surface area contributed by atoms with Crippen molar-refractivity contribution in [2.75, 3.05) is 32.1 Å². The van der Waals surface area contributed by atoms with Crippen molar-refractivity contribution in [2.45, 2.75) is 19.8 Å². The van der Waals surface area contributed by atoms with Crippen LogP contribution in [0, 0.1) is 5.92 Å². The molecule has 1 rings (SSSR count). The number of rotatable bonds is 7. The molecule has 0 aliphatic heterocycles. The van der Waals surface area contributed by atoms with E-state index in [1.54, 1.807) is 12.3 Å². The Labute approximate surface area is 114 Å². The lowest BCUT2D eigenvalue weighted by atomic mass is 10.0. The maximum atomic E-state index is 11.9. The highest BCUT2D eigenvalue weighted by Gasteiger charge is 2.10. The Morgan fingerprint density at radius 2 is 2.21 bits per heavy atom. The number of hydrogen-bond acceptors (Lipinski definition) is 4. The van der Waals surface area contributed by atoms with E-state index >= 15 is 0 Å². The third kappa shape index (κ3) is 4.87. The van der Waals surface area contributed by atoms with Gasteiger partial charge in [-0.15, -0.1) is 0 Å². The first-order valence-corrected chi connectivity index (χ1v) is 6.60. The number of carbonyl (C=O) groups excluding carboxylic acids is 1. The minimum atomic E-state index is -0.116. The summed E-state index contributed by atoms with van der Waals surface area (Å²) in [5.74, 6) is 1.03. The molecular formula is C14H23N3O2. The zero-order valence-electron chi connectivity index (χ0n) is 11.9. The van der Waals surface area contributed by atoms with Crippen LogP contribution in [0.1, 0.15) is 30.1 Å². The first-order chi connectivity index (χ1) is 9.08. The minimum Gasteiger partial charge on any atom is -0.396 e. The number of aliphatic hydroxyl groups is 1. The normalized spacial score (nSPS) is 12.0. The summed E-state index contributed by atoms with van der Waals surface area (Å²) in [6.45, 7) is 2.80. The van der Waals surface area contributed by atoms with Gasteiger partial charge in [0.25, 0.3) is 5.91 Å². The maximum absolute atomic E-state index is 11.9. The molecule has 1 aromatic rings. The molecule has 0 spiro atoms. The van der Waals surface area contributed by atoms with Gasteiger partial charge >= 0.3 is 0 Å². The highest BCUT2D eigenvalue weighted by molar-refractivity contribution is 5.94. The number of carbonyl (C=O) groups is 1. The summed E-state index contributed by atoms with van der Waals surface area (Å²) in [7, 11) is 3.81. The van der Waals surface area contributed by atoms with Crippen molar-refractivity contribution in [2.24, 2.45) is 5.92 Å². The average Bonchev–Trinajstić information content (AvgIpc) is 2.43. The van der Waals surface area contributed by atoms with Gasteiger partial charge in [-0.1, -0.05) is 13.3 Å². The van der Waals surface area contributed by atoms with E-state index in [4.69, 9.17) is 5.11 Å². The molecule has 0 aliphatic rings. The summed E-state index contributed by atoms with van der Waals surface area (Å²) in [5.41, 5.74) is 0.560. The standard InChI is InChI=1S/C14H23N3O2/c1-4-11(7-8-18)9-16-14(19)12-5-6-13(15-10-12)17(2)3/h5-6,10-11,18H,4,7-9H2,1-3H3,(H,16,19). The van der Waals surface area contributed by atoms with Crippen LogP contribution in [-0.4, -0.2) is 43.2 Å². The summed E-state index contributed by atoms with van der Waals surface area (Å²) in [4.78, 5) is 18.0. The summed E-state index contributed by atoms with van der Waals surface area (Å²) in [6, 6.07) is 3.59. The fourth-order valence-electron chi connectivity index (χ4n) is 1.76. The largest absolute Gasteiger partial charge is 0.396 e. The second kappa shape index (κ2) is 7.74. The molecule has 19 heavy (non-hydrogen) atoms. The smallest absolute Gasteiger partial charge is 0.252 e. The van der Waals surface area contributed by atoms with Gasteiger partial charge in [0.2, 0.25) is 0 Å².